The molecule has 0 bridgehead atoms. The average molecular weight is 718 g/mol. The molecule has 4 aromatic rings. The van der Waals surface area contributed by atoms with Gasteiger partial charge in [0, 0.05) is 32.6 Å². The van der Waals surface area contributed by atoms with Crippen molar-refractivity contribution < 1.29 is 41.4 Å². The maximum Gasteiger partial charge on any atom is 0.421 e. The lowest BCUT2D eigenvalue weighted by Gasteiger charge is -2.19. The zero-order chi connectivity index (χ0) is 36.5. The fourth-order valence-electron chi connectivity index (χ4n) is 4.72. The van der Waals surface area contributed by atoms with E-state index in [1.54, 1.807) is 32.0 Å². The molecule has 4 rings (SSSR count). The van der Waals surface area contributed by atoms with Gasteiger partial charge >= 0.3 is 13.8 Å². The van der Waals surface area contributed by atoms with Gasteiger partial charge < -0.3 is 34.8 Å². The van der Waals surface area contributed by atoms with E-state index in [0.29, 0.717) is 24.7 Å². The number of carbonyl (C=O) groups is 1. The highest BCUT2D eigenvalue weighted by molar-refractivity contribution is 7.53. The second kappa shape index (κ2) is 16.5. The first kappa shape index (κ1) is 37.7. The Kier molecular flexibility index (Phi) is 12.5. The van der Waals surface area contributed by atoms with E-state index in [-0.39, 0.29) is 71.7 Å². The first-order valence-corrected chi connectivity index (χ1v) is 17.0. The molecule has 19 heteroatoms. The third-order valence-corrected chi connectivity index (χ3v) is 8.97. The monoisotopic (exact) mass is 717 g/mol. The number of hydrogen-bond donors (Lipinski definition) is 4. The van der Waals surface area contributed by atoms with Crippen molar-refractivity contribution in [2.45, 2.75) is 39.2 Å². The summed E-state index contributed by atoms with van der Waals surface area (Å²) in [6.45, 7) is 3.98. The number of amides is 1. The number of pyridine rings is 1. The third-order valence-electron chi connectivity index (χ3n) is 6.91. The number of methoxy groups -OCH3 is 1. The summed E-state index contributed by atoms with van der Waals surface area (Å²) < 4.78 is 73.1. The Hall–Kier alpha value is -5.08. The second-order valence-corrected chi connectivity index (χ2v) is 12.4. The molecule has 0 aliphatic rings. The van der Waals surface area contributed by atoms with Crippen molar-refractivity contribution in [3.05, 3.63) is 65.2 Å². The van der Waals surface area contributed by atoms with Crippen molar-refractivity contribution >= 4 is 36.6 Å². The number of aryl methyl sites for hydroxylation is 1. The topological polar surface area (TPSA) is 198 Å². The molecule has 15 nitrogen and oxygen atoms in total. The smallest absolute Gasteiger partial charge is 0.421 e. The van der Waals surface area contributed by atoms with Gasteiger partial charge in [0.05, 0.1) is 49.1 Å². The SMILES string of the molecule is CCOP(=O)(Cc1ccc(Nc2ncc(C(F)(F)F)c(Nc3ccc(-c4cn(CCCO)nc4C#N)nc3C(=O)NC)n2)c(OC)c1)OCC. The number of nitriles is 1. The predicted molar refractivity (Wildman–Crippen MR) is 176 cm³/mol. The van der Waals surface area contributed by atoms with Crippen LogP contribution in [0.3, 0.4) is 0 Å². The number of hydrogen-bond acceptors (Lipinski definition) is 13. The van der Waals surface area contributed by atoms with Gasteiger partial charge in [0.15, 0.2) is 11.4 Å². The molecular formula is C31H35F3N9O6P. The van der Waals surface area contributed by atoms with Crippen molar-refractivity contribution in [2.75, 3.05) is 44.6 Å². The summed E-state index contributed by atoms with van der Waals surface area (Å²) in [7, 11) is -0.725. The van der Waals surface area contributed by atoms with Crippen molar-refractivity contribution in [1.29, 1.82) is 5.26 Å². The van der Waals surface area contributed by atoms with Crippen LogP contribution in [0, 0.1) is 11.3 Å². The number of nitrogens with zero attached hydrogens (tertiary/aromatic N) is 6. The van der Waals surface area contributed by atoms with Crippen LogP contribution in [0.5, 0.6) is 5.75 Å². The summed E-state index contributed by atoms with van der Waals surface area (Å²) in [5.74, 6) is -1.42. The number of carbonyl (C=O) groups excluding carboxylic acids is 1. The number of benzene rings is 1. The van der Waals surface area contributed by atoms with Crippen molar-refractivity contribution in [3.63, 3.8) is 0 Å². The van der Waals surface area contributed by atoms with E-state index in [1.165, 1.54) is 37.2 Å². The molecule has 1 aromatic carbocycles. The molecule has 0 fully saturated rings. The van der Waals surface area contributed by atoms with Crippen LogP contribution < -0.4 is 20.7 Å². The fraction of sp³-hybridized carbons (Fsp3) is 0.355. The maximum atomic E-state index is 14.1. The van der Waals surface area contributed by atoms with E-state index < -0.39 is 31.1 Å². The molecule has 0 radical (unpaired) electrons. The zero-order valence-corrected chi connectivity index (χ0v) is 28.4. The van der Waals surface area contributed by atoms with Gasteiger partial charge in [-0.15, -0.1) is 0 Å². The van der Waals surface area contributed by atoms with Gasteiger partial charge in [0.25, 0.3) is 5.91 Å². The summed E-state index contributed by atoms with van der Waals surface area (Å²) in [5, 5.41) is 30.7. The van der Waals surface area contributed by atoms with Gasteiger partial charge in [-0.2, -0.15) is 28.5 Å². The van der Waals surface area contributed by atoms with E-state index in [9.17, 15) is 27.8 Å². The molecule has 0 aliphatic heterocycles. The van der Waals surface area contributed by atoms with Gasteiger partial charge in [-0.3, -0.25) is 14.0 Å². The summed E-state index contributed by atoms with van der Waals surface area (Å²) in [5.41, 5.74) is -0.333. The highest BCUT2D eigenvalue weighted by Crippen LogP contribution is 2.51. The minimum absolute atomic E-state index is 0.00550. The lowest BCUT2D eigenvalue weighted by atomic mass is 10.1. The van der Waals surface area contributed by atoms with E-state index in [1.807, 2.05) is 6.07 Å². The van der Waals surface area contributed by atoms with Gasteiger partial charge in [0.2, 0.25) is 5.95 Å². The summed E-state index contributed by atoms with van der Waals surface area (Å²) >= 11 is 0. The molecule has 0 atom stereocenters. The Morgan fingerprint density at radius 1 is 1.10 bits per heavy atom. The van der Waals surface area contributed by atoms with E-state index >= 15 is 0 Å². The lowest BCUT2D eigenvalue weighted by molar-refractivity contribution is -0.137. The molecule has 0 saturated heterocycles. The predicted octanol–water partition coefficient (Wildman–Crippen LogP) is 5.63. The molecule has 1 amide bonds. The van der Waals surface area contributed by atoms with E-state index in [2.05, 4.69) is 36.0 Å². The van der Waals surface area contributed by atoms with Crippen LogP contribution in [0.4, 0.5) is 36.3 Å². The van der Waals surface area contributed by atoms with Crippen LogP contribution in [-0.4, -0.2) is 69.7 Å². The highest BCUT2D eigenvalue weighted by Gasteiger charge is 2.36. The molecule has 0 unspecified atom stereocenters. The average Bonchev–Trinajstić information content (AvgIpc) is 3.51. The number of aromatic nitrogens is 5. The minimum Gasteiger partial charge on any atom is -0.495 e. The zero-order valence-electron chi connectivity index (χ0n) is 27.5. The molecule has 3 aromatic heterocycles. The summed E-state index contributed by atoms with van der Waals surface area (Å²) in [4.78, 5) is 25.2. The Bertz CT molecular complexity index is 1910. The van der Waals surface area contributed by atoms with Gasteiger partial charge in [-0.1, -0.05) is 6.07 Å². The second-order valence-electron chi connectivity index (χ2n) is 10.4. The van der Waals surface area contributed by atoms with Crippen LogP contribution in [0.1, 0.15) is 47.6 Å². The Balaban J connectivity index is 1.70. The number of halogens is 3. The highest BCUT2D eigenvalue weighted by atomic mass is 31.2. The van der Waals surface area contributed by atoms with Gasteiger partial charge in [0.1, 0.15) is 23.2 Å². The van der Waals surface area contributed by atoms with Crippen molar-refractivity contribution in [3.8, 4) is 23.1 Å². The number of nitrogens with one attached hydrogen (secondary N) is 3. The van der Waals surface area contributed by atoms with Crippen molar-refractivity contribution in [2.24, 2.45) is 0 Å². The number of aliphatic hydroxyl groups is 1. The lowest BCUT2D eigenvalue weighted by Crippen LogP contribution is -2.21. The van der Waals surface area contributed by atoms with Crippen LogP contribution in [0.25, 0.3) is 11.3 Å². The molecule has 50 heavy (non-hydrogen) atoms. The molecule has 0 spiro atoms. The molecule has 0 saturated carbocycles. The fourth-order valence-corrected chi connectivity index (χ4v) is 6.40. The largest absolute Gasteiger partial charge is 0.495 e. The maximum absolute atomic E-state index is 14.1. The summed E-state index contributed by atoms with van der Waals surface area (Å²) in [6.07, 6.45) is -2.44. The number of aliphatic hydroxyl groups excluding tert-OH is 1. The third kappa shape index (κ3) is 9.12. The van der Waals surface area contributed by atoms with Gasteiger partial charge in [-0.05, 0) is 50.1 Å². The summed E-state index contributed by atoms with van der Waals surface area (Å²) in [6, 6.07) is 9.46. The first-order valence-electron chi connectivity index (χ1n) is 15.2. The number of anilines is 4. The quantitative estimate of drug-likeness (QED) is 0.104. The molecule has 3 heterocycles. The van der Waals surface area contributed by atoms with Gasteiger partial charge in [-0.25, -0.2) is 9.97 Å². The Morgan fingerprint density at radius 3 is 2.44 bits per heavy atom. The molecule has 4 N–H and O–H groups in total. The van der Waals surface area contributed by atoms with Crippen LogP contribution in [0.15, 0.2) is 42.7 Å². The molecular weight excluding hydrogens is 682 g/mol. The molecule has 266 valence electrons. The first-order chi connectivity index (χ1) is 23.9. The Labute approximate surface area is 285 Å². The number of rotatable bonds is 16. The van der Waals surface area contributed by atoms with Crippen LogP contribution >= 0.6 is 7.60 Å². The normalized spacial score (nSPS) is 11.6. The van der Waals surface area contributed by atoms with Crippen molar-refractivity contribution in [1.82, 2.24) is 30.0 Å². The van der Waals surface area contributed by atoms with Crippen LogP contribution in [-0.2, 0) is 32.5 Å². The Morgan fingerprint density at radius 2 is 1.82 bits per heavy atom. The van der Waals surface area contributed by atoms with E-state index in [0.717, 1.165) is 0 Å². The van der Waals surface area contributed by atoms with E-state index in [4.69, 9.17) is 18.9 Å². The minimum atomic E-state index is -4.89. The molecule has 0 aliphatic carbocycles. The van der Waals surface area contributed by atoms with Crippen LogP contribution in [0.2, 0.25) is 0 Å². The number of ether oxygens (including phenoxy) is 1. The standard InChI is InChI=1S/C31H35F3N9O6P/c1-5-48-50(46,49-6-2)18-19-8-9-23(26(14-19)47-4)40-30-37-16-21(31(32,33)34)28(41-30)39-24-11-10-22(38-27(24)29(45)36-3)20-17-43(12-7-13-44)42-25(20)15-35/h8-11,14,16-17,44H,5-7,12-13,18H2,1-4H3,(H,36,45)(H2,37,39,40,41). The number of alkyl halides is 3.